The highest BCUT2D eigenvalue weighted by Crippen LogP contribution is 2.27. The average molecular weight is 351 g/mol. The Morgan fingerprint density at radius 3 is 2.81 bits per heavy atom. The van der Waals surface area contributed by atoms with Gasteiger partial charge in [0.2, 0.25) is 0 Å². The van der Waals surface area contributed by atoms with E-state index >= 15 is 0 Å². The van der Waals surface area contributed by atoms with E-state index in [2.05, 4.69) is 35.7 Å². The lowest BCUT2D eigenvalue weighted by Gasteiger charge is -2.14. The normalized spacial score (nSPS) is 13.0. The monoisotopic (exact) mass is 351 g/mol. The molecule has 0 saturated heterocycles. The molecule has 3 heterocycles. The average Bonchev–Trinajstić information content (AvgIpc) is 3.05. The Hall–Kier alpha value is -3.02. The van der Waals surface area contributed by atoms with E-state index in [0.29, 0.717) is 23.4 Å². The van der Waals surface area contributed by atoms with Gasteiger partial charge in [0.15, 0.2) is 0 Å². The summed E-state index contributed by atoms with van der Waals surface area (Å²) in [6.45, 7) is 6.95. The Morgan fingerprint density at radius 1 is 1.27 bits per heavy atom. The lowest BCUT2D eigenvalue weighted by molar-refractivity contribution is 0.430. The van der Waals surface area contributed by atoms with Gasteiger partial charge in [-0.2, -0.15) is 0 Å². The third-order valence-electron chi connectivity index (χ3n) is 3.81. The maximum Gasteiger partial charge on any atom is 0.142 e. The van der Waals surface area contributed by atoms with Crippen LogP contribution in [-0.4, -0.2) is 27.1 Å². The van der Waals surface area contributed by atoms with Crippen molar-refractivity contribution in [1.82, 2.24) is 14.4 Å². The molecule has 0 unspecified atom stereocenters. The number of rotatable bonds is 4. The van der Waals surface area contributed by atoms with Crippen LogP contribution in [0.3, 0.4) is 0 Å². The molecule has 5 nitrogen and oxygen atoms in total. The summed E-state index contributed by atoms with van der Waals surface area (Å²) in [6, 6.07) is 5.25. The number of hydrogen-bond acceptors (Lipinski definition) is 4. The van der Waals surface area contributed by atoms with E-state index in [0.717, 1.165) is 11.2 Å². The lowest BCUT2D eigenvalue weighted by Crippen LogP contribution is -2.09. The maximum absolute atomic E-state index is 13.9. The summed E-state index contributed by atoms with van der Waals surface area (Å²) in [5.41, 5.74) is 9.35. The molecule has 6 heteroatoms. The molecule has 0 aliphatic heterocycles. The topological polar surface area (TPSA) is 68.6 Å². The van der Waals surface area contributed by atoms with Gasteiger partial charge in [0, 0.05) is 54.2 Å². The van der Waals surface area contributed by atoms with Crippen molar-refractivity contribution in [2.75, 3.05) is 6.54 Å². The zero-order valence-corrected chi connectivity index (χ0v) is 15.1. The van der Waals surface area contributed by atoms with Crippen LogP contribution in [0.1, 0.15) is 26.3 Å². The minimum Gasteiger partial charge on any atom is -0.404 e. The van der Waals surface area contributed by atoms with Crippen LogP contribution in [0.2, 0.25) is 0 Å². The van der Waals surface area contributed by atoms with Gasteiger partial charge in [0.25, 0.3) is 0 Å². The van der Waals surface area contributed by atoms with Crippen molar-refractivity contribution in [3.05, 3.63) is 60.6 Å². The highest BCUT2D eigenvalue weighted by molar-refractivity contribution is 6.11. The van der Waals surface area contributed by atoms with E-state index in [4.69, 9.17) is 5.73 Å². The fourth-order valence-electron chi connectivity index (χ4n) is 2.57. The van der Waals surface area contributed by atoms with Crippen molar-refractivity contribution < 1.29 is 4.39 Å². The van der Waals surface area contributed by atoms with Crippen LogP contribution >= 0.6 is 0 Å². The minimum absolute atomic E-state index is 0.0605. The molecule has 0 atom stereocenters. The van der Waals surface area contributed by atoms with E-state index in [9.17, 15) is 4.39 Å². The van der Waals surface area contributed by atoms with E-state index in [-0.39, 0.29) is 5.41 Å². The van der Waals surface area contributed by atoms with Crippen molar-refractivity contribution in [2.24, 2.45) is 16.1 Å². The minimum atomic E-state index is -0.422. The van der Waals surface area contributed by atoms with Crippen molar-refractivity contribution in [3.8, 4) is 11.3 Å². The van der Waals surface area contributed by atoms with Gasteiger partial charge in [-0.15, -0.1) is 0 Å². The van der Waals surface area contributed by atoms with Crippen LogP contribution in [0.5, 0.6) is 0 Å². The van der Waals surface area contributed by atoms with Gasteiger partial charge < -0.3 is 10.1 Å². The summed E-state index contributed by atoms with van der Waals surface area (Å²) in [6.07, 6.45) is 9.80. The van der Waals surface area contributed by atoms with Gasteiger partial charge in [-0.1, -0.05) is 20.8 Å². The molecule has 134 valence electrons. The predicted octanol–water partition coefficient (Wildman–Crippen LogP) is 3.95. The van der Waals surface area contributed by atoms with Gasteiger partial charge in [-0.3, -0.25) is 9.98 Å². The first-order valence-corrected chi connectivity index (χ1v) is 8.38. The Kier molecular flexibility index (Phi) is 4.84. The molecule has 26 heavy (non-hydrogen) atoms. The number of halogens is 1. The highest BCUT2D eigenvalue weighted by Gasteiger charge is 2.13. The Balaban J connectivity index is 2.04. The smallest absolute Gasteiger partial charge is 0.142 e. The quantitative estimate of drug-likeness (QED) is 0.724. The molecule has 3 rings (SSSR count). The standard InChI is InChI=1S/C20H22FN5/c1-20(2,3)13-23-11-15(10-22)17-9-16(21)12-25-19(17)14-4-6-26-7-5-24-18(26)8-14/h4-12H,13,22H2,1-3H3. The van der Waals surface area contributed by atoms with Crippen LogP contribution < -0.4 is 5.73 Å². The molecule has 0 aliphatic carbocycles. The van der Waals surface area contributed by atoms with Crippen LogP contribution in [0.25, 0.3) is 22.5 Å². The van der Waals surface area contributed by atoms with E-state index in [1.165, 1.54) is 18.5 Å². The first kappa shape index (κ1) is 17.8. The lowest BCUT2D eigenvalue weighted by atomic mass is 9.97. The van der Waals surface area contributed by atoms with Gasteiger partial charge in [0.05, 0.1) is 11.9 Å². The third kappa shape index (κ3) is 3.96. The second-order valence-corrected chi connectivity index (χ2v) is 7.31. The number of hydrogen-bond donors (Lipinski definition) is 1. The molecule has 0 fully saturated rings. The largest absolute Gasteiger partial charge is 0.404 e. The fourth-order valence-corrected chi connectivity index (χ4v) is 2.57. The molecule has 0 amide bonds. The number of fused-ring (bicyclic) bond motifs is 1. The van der Waals surface area contributed by atoms with Crippen molar-refractivity contribution in [2.45, 2.75) is 20.8 Å². The van der Waals surface area contributed by atoms with E-state index in [1.54, 1.807) is 12.4 Å². The van der Waals surface area contributed by atoms with Crippen LogP contribution in [0, 0.1) is 11.2 Å². The summed E-state index contributed by atoms with van der Waals surface area (Å²) >= 11 is 0. The van der Waals surface area contributed by atoms with Crippen LogP contribution in [0.15, 0.2) is 54.2 Å². The molecule has 3 aromatic rings. The first-order chi connectivity index (χ1) is 12.4. The zero-order chi connectivity index (χ0) is 18.7. The SMILES string of the molecule is CC(C)(C)CN=CC(=CN)c1cc(F)cnc1-c1ccn2ccnc2c1. The van der Waals surface area contributed by atoms with Gasteiger partial charge in [0.1, 0.15) is 11.5 Å². The summed E-state index contributed by atoms with van der Waals surface area (Å²) < 4.78 is 15.8. The molecule has 0 aliphatic rings. The summed E-state index contributed by atoms with van der Waals surface area (Å²) in [5.74, 6) is -0.422. The molecular formula is C20H22FN5. The van der Waals surface area contributed by atoms with Crippen molar-refractivity contribution in [3.63, 3.8) is 0 Å². The number of aromatic nitrogens is 3. The Bertz CT molecular complexity index is 979. The van der Waals surface area contributed by atoms with Crippen molar-refractivity contribution >= 4 is 17.4 Å². The number of nitrogens with zero attached hydrogens (tertiary/aromatic N) is 4. The van der Waals surface area contributed by atoms with E-state index < -0.39 is 5.82 Å². The second kappa shape index (κ2) is 7.07. The number of aliphatic imine (C=N–C) groups is 1. The molecule has 2 N–H and O–H groups in total. The number of imidazole rings is 1. The third-order valence-corrected chi connectivity index (χ3v) is 3.81. The van der Waals surface area contributed by atoms with Crippen LogP contribution in [-0.2, 0) is 0 Å². The fraction of sp³-hybridized carbons (Fsp3) is 0.250. The predicted molar refractivity (Wildman–Crippen MR) is 103 cm³/mol. The summed E-state index contributed by atoms with van der Waals surface area (Å²) in [7, 11) is 0. The Morgan fingerprint density at radius 2 is 2.08 bits per heavy atom. The second-order valence-electron chi connectivity index (χ2n) is 7.31. The van der Waals surface area contributed by atoms with Gasteiger partial charge in [-0.25, -0.2) is 9.37 Å². The summed E-state index contributed by atoms with van der Waals surface area (Å²) in [5, 5.41) is 0. The zero-order valence-electron chi connectivity index (χ0n) is 15.1. The first-order valence-electron chi connectivity index (χ1n) is 8.38. The van der Waals surface area contributed by atoms with Gasteiger partial charge in [-0.05, 0) is 23.6 Å². The van der Waals surface area contributed by atoms with Gasteiger partial charge >= 0.3 is 0 Å². The summed E-state index contributed by atoms with van der Waals surface area (Å²) in [4.78, 5) is 13.0. The molecule has 0 bridgehead atoms. The molecule has 0 radical (unpaired) electrons. The van der Waals surface area contributed by atoms with Crippen molar-refractivity contribution in [1.29, 1.82) is 0 Å². The maximum atomic E-state index is 13.9. The number of pyridine rings is 2. The molecule has 0 saturated carbocycles. The number of nitrogens with two attached hydrogens (primary N) is 1. The Labute approximate surface area is 152 Å². The molecule has 0 aromatic carbocycles. The van der Waals surface area contributed by atoms with Crippen LogP contribution in [0.4, 0.5) is 4.39 Å². The number of allylic oxidation sites excluding steroid dienone is 1. The molecule has 0 spiro atoms. The molecular weight excluding hydrogens is 329 g/mol. The highest BCUT2D eigenvalue weighted by atomic mass is 19.1. The van der Waals surface area contributed by atoms with E-state index in [1.807, 2.05) is 28.9 Å². The molecule has 3 aromatic heterocycles.